The Morgan fingerprint density at radius 1 is 0.550 bits per heavy atom. The maximum atomic E-state index is 12.8. The number of aliphatic hydroxyl groups is 4. The highest BCUT2D eigenvalue weighted by molar-refractivity contribution is 5.69. The molecule has 1 aliphatic rings. The third kappa shape index (κ3) is 32.4. The van der Waals surface area contributed by atoms with E-state index in [2.05, 4.69) is 86.8 Å². The van der Waals surface area contributed by atoms with Gasteiger partial charge in [0.2, 0.25) is 0 Å². The summed E-state index contributed by atoms with van der Waals surface area (Å²) in [5, 5.41) is 40.2. The Balaban J connectivity index is 2.26. The number of rotatable bonds is 40. The molecule has 60 heavy (non-hydrogen) atoms. The molecule has 0 saturated carbocycles. The maximum Gasteiger partial charge on any atom is 0.306 e. The van der Waals surface area contributed by atoms with Gasteiger partial charge in [-0.1, -0.05) is 164 Å². The molecule has 0 bridgehead atoms. The lowest BCUT2D eigenvalue weighted by Gasteiger charge is -2.39. The molecule has 4 N–H and O–H groups in total. The molecule has 1 heterocycles. The molecule has 0 spiro atoms. The van der Waals surface area contributed by atoms with Gasteiger partial charge in [-0.3, -0.25) is 4.79 Å². The van der Waals surface area contributed by atoms with Crippen LogP contribution in [0.2, 0.25) is 0 Å². The van der Waals surface area contributed by atoms with Crippen molar-refractivity contribution < 1.29 is 44.2 Å². The Hall–Kier alpha value is -2.37. The van der Waals surface area contributed by atoms with E-state index < -0.39 is 43.4 Å². The number of unbranched alkanes of at least 4 members (excludes halogenated alkanes) is 17. The zero-order chi connectivity index (χ0) is 43.6. The Morgan fingerprint density at radius 2 is 1.02 bits per heavy atom. The molecule has 1 fully saturated rings. The summed E-state index contributed by atoms with van der Waals surface area (Å²) < 4.78 is 22.8. The number of hydrogen-bond donors (Lipinski definition) is 4. The van der Waals surface area contributed by atoms with Crippen molar-refractivity contribution in [1.82, 2.24) is 0 Å². The highest BCUT2D eigenvalue weighted by atomic mass is 16.7. The zero-order valence-electron chi connectivity index (χ0n) is 37.9. The van der Waals surface area contributed by atoms with Gasteiger partial charge in [-0.15, -0.1) is 0 Å². The second-order valence-corrected chi connectivity index (χ2v) is 16.2. The number of carbonyl (C=O) groups excluding carboxylic acids is 1. The van der Waals surface area contributed by atoms with Crippen LogP contribution in [0.1, 0.15) is 181 Å². The van der Waals surface area contributed by atoms with E-state index in [1.165, 1.54) is 70.6 Å². The Morgan fingerprint density at radius 3 is 1.53 bits per heavy atom. The summed E-state index contributed by atoms with van der Waals surface area (Å²) in [5.41, 5.74) is 0. The average molecular weight is 845 g/mol. The topological polar surface area (TPSA) is 135 Å². The monoisotopic (exact) mass is 845 g/mol. The van der Waals surface area contributed by atoms with Crippen molar-refractivity contribution in [3.05, 3.63) is 72.9 Å². The van der Waals surface area contributed by atoms with Crippen LogP contribution >= 0.6 is 0 Å². The lowest BCUT2D eigenvalue weighted by Crippen LogP contribution is -2.59. The highest BCUT2D eigenvalue weighted by Crippen LogP contribution is 2.22. The van der Waals surface area contributed by atoms with Crippen molar-refractivity contribution in [2.24, 2.45) is 0 Å². The Bertz CT molecular complexity index is 1140. The van der Waals surface area contributed by atoms with Crippen LogP contribution < -0.4 is 0 Å². The van der Waals surface area contributed by atoms with Gasteiger partial charge in [0.1, 0.15) is 30.5 Å². The molecule has 6 unspecified atom stereocenters. The number of esters is 1. The molecule has 346 valence electrons. The number of allylic oxidation sites excluding steroid dienone is 12. The van der Waals surface area contributed by atoms with Crippen molar-refractivity contribution in [3.63, 3.8) is 0 Å². The SMILES string of the molecule is CC/C=C\C/C=C\C/C=C\C/C=C\CCCCCCCCCOCC(COC1OC(CO)C(O)C(O)C1O)OC(=O)CCCCCCCCC/C=C\C/C=C\CCCCC. The minimum atomic E-state index is -1.54. The molecule has 1 saturated heterocycles. The summed E-state index contributed by atoms with van der Waals surface area (Å²) in [4.78, 5) is 12.8. The van der Waals surface area contributed by atoms with Crippen LogP contribution in [-0.4, -0.2) is 89.6 Å². The first-order valence-electron chi connectivity index (χ1n) is 24.0. The summed E-state index contributed by atoms with van der Waals surface area (Å²) in [6.07, 6.45) is 47.8. The van der Waals surface area contributed by atoms with Gasteiger partial charge >= 0.3 is 5.97 Å². The Kier molecular flexibility index (Phi) is 38.9. The summed E-state index contributed by atoms with van der Waals surface area (Å²) in [5.74, 6) is -0.328. The van der Waals surface area contributed by atoms with Crippen molar-refractivity contribution in [3.8, 4) is 0 Å². The quantitative estimate of drug-likeness (QED) is 0.0270. The molecular weight excluding hydrogens is 757 g/mol. The van der Waals surface area contributed by atoms with Crippen LogP contribution in [0.5, 0.6) is 0 Å². The summed E-state index contributed by atoms with van der Waals surface area (Å²) in [7, 11) is 0. The first-order valence-corrected chi connectivity index (χ1v) is 24.0. The lowest BCUT2D eigenvalue weighted by molar-refractivity contribution is -0.305. The number of aliphatic hydroxyl groups excluding tert-OH is 4. The van der Waals surface area contributed by atoms with Crippen molar-refractivity contribution in [1.29, 1.82) is 0 Å². The van der Waals surface area contributed by atoms with E-state index in [0.717, 1.165) is 89.9 Å². The molecule has 0 aromatic carbocycles. The van der Waals surface area contributed by atoms with Crippen LogP contribution in [0.25, 0.3) is 0 Å². The molecular formula is C51H88O9. The predicted octanol–water partition coefficient (Wildman–Crippen LogP) is 11.3. The number of carbonyl (C=O) groups is 1. The van der Waals surface area contributed by atoms with Crippen LogP contribution in [0, 0.1) is 0 Å². The zero-order valence-corrected chi connectivity index (χ0v) is 37.9. The maximum absolute atomic E-state index is 12.8. The van der Waals surface area contributed by atoms with E-state index in [0.29, 0.717) is 13.0 Å². The fraction of sp³-hybridized carbons (Fsp3) is 0.745. The molecule has 1 rings (SSSR count). The van der Waals surface area contributed by atoms with Crippen LogP contribution in [0.15, 0.2) is 72.9 Å². The molecule has 0 aromatic heterocycles. The minimum Gasteiger partial charge on any atom is -0.457 e. The minimum absolute atomic E-state index is 0.125. The third-order valence-electron chi connectivity index (χ3n) is 10.6. The molecule has 0 aliphatic carbocycles. The second-order valence-electron chi connectivity index (χ2n) is 16.2. The smallest absolute Gasteiger partial charge is 0.306 e. The average Bonchev–Trinajstić information content (AvgIpc) is 3.25. The first kappa shape index (κ1) is 55.6. The lowest BCUT2D eigenvalue weighted by atomic mass is 9.99. The van der Waals surface area contributed by atoms with Crippen molar-refractivity contribution in [2.45, 2.75) is 218 Å². The summed E-state index contributed by atoms with van der Waals surface area (Å²) in [6.45, 7) is 4.38. The van der Waals surface area contributed by atoms with Crippen LogP contribution in [0.4, 0.5) is 0 Å². The van der Waals surface area contributed by atoms with Crippen LogP contribution in [-0.2, 0) is 23.7 Å². The summed E-state index contributed by atoms with van der Waals surface area (Å²) >= 11 is 0. The van der Waals surface area contributed by atoms with Crippen molar-refractivity contribution in [2.75, 3.05) is 26.4 Å². The van der Waals surface area contributed by atoms with Gasteiger partial charge in [-0.25, -0.2) is 0 Å². The van der Waals surface area contributed by atoms with Crippen LogP contribution in [0.3, 0.4) is 0 Å². The molecule has 9 nitrogen and oxygen atoms in total. The number of hydrogen-bond acceptors (Lipinski definition) is 9. The van der Waals surface area contributed by atoms with Gasteiger partial charge in [0, 0.05) is 13.0 Å². The number of ether oxygens (including phenoxy) is 4. The standard InChI is InChI=1S/C51H88O9/c1-3-5-7-9-11-13-15-17-19-21-22-23-25-27-29-31-33-35-37-39-41-57-43-45(44-58-51-50(56)49(55)48(54)46(42-52)60-51)59-47(53)40-38-36-34-32-30-28-26-24-20-18-16-14-12-10-8-6-4-2/h5,7,11-14,17-20,22-23,45-46,48-52,54-56H,3-4,6,8-10,15-16,21,24-44H2,1-2H3/b7-5-,13-11-,14-12-,19-17-,20-18-,23-22-. The highest BCUT2D eigenvalue weighted by Gasteiger charge is 2.44. The van der Waals surface area contributed by atoms with Gasteiger partial charge in [0.25, 0.3) is 0 Å². The van der Waals surface area contributed by atoms with Gasteiger partial charge in [0.05, 0.1) is 19.8 Å². The van der Waals surface area contributed by atoms with Gasteiger partial charge in [-0.05, 0) is 83.5 Å². The van der Waals surface area contributed by atoms with E-state index in [9.17, 15) is 25.2 Å². The summed E-state index contributed by atoms with van der Waals surface area (Å²) in [6, 6.07) is 0. The van der Waals surface area contributed by atoms with E-state index in [4.69, 9.17) is 18.9 Å². The van der Waals surface area contributed by atoms with Crippen molar-refractivity contribution >= 4 is 5.97 Å². The van der Waals surface area contributed by atoms with Gasteiger partial charge < -0.3 is 39.4 Å². The molecule has 9 heteroatoms. The fourth-order valence-corrected chi connectivity index (χ4v) is 6.87. The Labute approximate surface area is 366 Å². The molecule has 1 aliphatic heterocycles. The largest absolute Gasteiger partial charge is 0.457 e. The predicted molar refractivity (Wildman–Crippen MR) is 247 cm³/mol. The fourth-order valence-electron chi connectivity index (χ4n) is 6.87. The molecule has 0 amide bonds. The van der Waals surface area contributed by atoms with Gasteiger partial charge in [0.15, 0.2) is 6.29 Å². The van der Waals surface area contributed by atoms with E-state index in [1.54, 1.807) is 0 Å². The normalized spacial score (nSPS) is 20.7. The van der Waals surface area contributed by atoms with E-state index in [-0.39, 0.29) is 19.2 Å². The molecule has 0 aromatic rings. The second kappa shape index (κ2) is 42.0. The molecule has 0 radical (unpaired) electrons. The van der Waals surface area contributed by atoms with E-state index in [1.807, 2.05) is 0 Å². The first-order chi connectivity index (χ1) is 29.4. The third-order valence-corrected chi connectivity index (χ3v) is 10.6. The van der Waals surface area contributed by atoms with E-state index >= 15 is 0 Å². The van der Waals surface area contributed by atoms with Gasteiger partial charge in [-0.2, -0.15) is 0 Å². The molecule has 6 atom stereocenters.